The zero-order valence-corrected chi connectivity index (χ0v) is 16.8. The second kappa shape index (κ2) is 7.91. The highest BCUT2D eigenvalue weighted by molar-refractivity contribution is 9.10. The molecule has 0 aliphatic heterocycles. The number of hydrogen-bond acceptors (Lipinski definition) is 3. The molecule has 0 spiro atoms. The zero-order chi connectivity index (χ0) is 17.1. The van der Waals surface area contributed by atoms with E-state index in [1.165, 1.54) is 0 Å². The molecule has 0 radical (unpaired) electrons. The minimum atomic E-state index is 0.569. The average molecular weight is 443 g/mol. The molecule has 0 bridgehead atoms. The van der Waals surface area contributed by atoms with Gasteiger partial charge in [-0.3, -0.25) is 0 Å². The van der Waals surface area contributed by atoms with Crippen molar-refractivity contribution in [3.63, 3.8) is 0 Å². The van der Waals surface area contributed by atoms with E-state index < -0.39 is 0 Å². The molecular formula is C17H14BrCl2N3S. The SMILES string of the molecule is CCn1c(SCc2ccc(Cl)c(Cl)c2)nnc1-c1ccc(Br)cc1. The van der Waals surface area contributed by atoms with Gasteiger partial charge in [0.05, 0.1) is 10.0 Å². The topological polar surface area (TPSA) is 30.7 Å². The summed E-state index contributed by atoms with van der Waals surface area (Å²) in [7, 11) is 0. The Bertz CT molecular complexity index is 850. The molecule has 0 saturated carbocycles. The van der Waals surface area contributed by atoms with E-state index in [1.54, 1.807) is 11.8 Å². The molecule has 7 heteroatoms. The van der Waals surface area contributed by atoms with E-state index in [1.807, 2.05) is 42.5 Å². The number of halogens is 3. The number of nitrogens with zero attached hydrogens (tertiary/aromatic N) is 3. The normalized spacial score (nSPS) is 11.0. The monoisotopic (exact) mass is 441 g/mol. The lowest BCUT2D eigenvalue weighted by Crippen LogP contribution is -1.99. The van der Waals surface area contributed by atoms with Crippen molar-refractivity contribution in [3.8, 4) is 11.4 Å². The molecule has 3 rings (SSSR count). The molecule has 0 unspecified atom stereocenters. The van der Waals surface area contributed by atoms with Crippen LogP contribution in [-0.2, 0) is 12.3 Å². The maximum absolute atomic E-state index is 6.07. The van der Waals surface area contributed by atoms with Crippen molar-refractivity contribution in [1.82, 2.24) is 14.8 Å². The van der Waals surface area contributed by atoms with E-state index in [-0.39, 0.29) is 0 Å². The fourth-order valence-corrected chi connectivity index (χ4v) is 3.80. The summed E-state index contributed by atoms with van der Waals surface area (Å²) in [6.45, 7) is 2.90. The van der Waals surface area contributed by atoms with Crippen LogP contribution in [0.25, 0.3) is 11.4 Å². The Hall–Kier alpha value is -1.01. The van der Waals surface area contributed by atoms with Crippen molar-refractivity contribution in [2.45, 2.75) is 24.4 Å². The first-order valence-corrected chi connectivity index (χ1v) is 9.87. The van der Waals surface area contributed by atoms with Gasteiger partial charge in [0.2, 0.25) is 0 Å². The van der Waals surface area contributed by atoms with Gasteiger partial charge in [-0.05, 0) is 36.8 Å². The zero-order valence-electron chi connectivity index (χ0n) is 12.8. The van der Waals surface area contributed by atoms with Crippen molar-refractivity contribution in [3.05, 3.63) is 62.5 Å². The number of benzene rings is 2. The van der Waals surface area contributed by atoms with Crippen LogP contribution in [-0.4, -0.2) is 14.8 Å². The second-order valence-corrected chi connectivity index (χ2v) is 7.77. The fourth-order valence-electron chi connectivity index (χ4n) is 2.27. The molecule has 0 amide bonds. The van der Waals surface area contributed by atoms with Crippen LogP contribution in [0.2, 0.25) is 10.0 Å². The van der Waals surface area contributed by atoms with Gasteiger partial charge in [-0.25, -0.2) is 0 Å². The molecule has 0 aliphatic carbocycles. The van der Waals surface area contributed by atoms with E-state index in [0.29, 0.717) is 10.0 Å². The Morgan fingerprint density at radius 2 is 1.79 bits per heavy atom. The van der Waals surface area contributed by atoms with Gasteiger partial charge < -0.3 is 4.57 Å². The molecule has 3 aromatic rings. The Balaban J connectivity index is 1.81. The molecule has 3 nitrogen and oxygen atoms in total. The van der Waals surface area contributed by atoms with Crippen LogP contribution in [0.1, 0.15) is 12.5 Å². The predicted octanol–water partition coefficient (Wildman–Crippen LogP) is 6.33. The first kappa shape index (κ1) is 17.8. The molecule has 124 valence electrons. The summed E-state index contributed by atoms with van der Waals surface area (Å²) in [4.78, 5) is 0. The maximum Gasteiger partial charge on any atom is 0.191 e. The van der Waals surface area contributed by atoms with Crippen molar-refractivity contribution in [2.24, 2.45) is 0 Å². The molecule has 2 aromatic carbocycles. The predicted molar refractivity (Wildman–Crippen MR) is 105 cm³/mol. The summed E-state index contributed by atoms with van der Waals surface area (Å²) in [5.74, 6) is 1.64. The van der Waals surface area contributed by atoms with Crippen LogP contribution in [0.15, 0.2) is 52.1 Å². The van der Waals surface area contributed by atoms with E-state index in [4.69, 9.17) is 23.2 Å². The Kier molecular flexibility index (Phi) is 5.87. The van der Waals surface area contributed by atoms with Crippen molar-refractivity contribution < 1.29 is 0 Å². The van der Waals surface area contributed by atoms with Crippen LogP contribution < -0.4 is 0 Å². The van der Waals surface area contributed by atoms with Gasteiger partial charge >= 0.3 is 0 Å². The van der Waals surface area contributed by atoms with Crippen LogP contribution >= 0.6 is 50.9 Å². The molecule has 0 aliphatic rings. The highest BCUT2D eigenvalue weighted by Crippen LogP contribution is 2.29. The van der Waals surface area contributed by atoms with Crippen molar-refractivity contribution in [2.75, 3.05) is 0 Å². The number of hydrogen-bond donors (Lipinski definition) is 0. The summed E-state index contributed by atoms with van der Waals surface area (Å²) in [5, 5.41) is 10.7. The first-order chi connectivity index (χ1) is 11.6. The summed E-state index contributed by atoms with van der Waals surface area (Å²) in [6.07, 6.45) is 0. The minimum Gasteiger partial charge on any atom is -0.302 e. The Morgan fingerprint density at radius 3 is 2.46 bits per heavy atom. The van der Waals surface area contributed by atoms with Gasteiger partial charge in [0, 0.05) is 22.3 Å². The highest BCUT2D eigenvalue weighted by Gasteiger charge is 2.13. The van der Waals surface area contributed by atoms with E-state index in [2.05, 4.69) is 37.6 Å². The third-order valence-electron chi connectivity index (χ3n) is 3.49. The molecule has 0 fully saturated rings. The molecule has 1 aromatic heterocycles. The minimum absolute atomic E-state index is 0.569. The molecule has 1 heterocycles. The van der Waals surface area contributed by atoms with Gasteiger partial charge in [-0.1, -0.05) is 69.1 Å². The lowest BCUT2D eigenvalue weighted by Gasteiger charge is -2.08. The van der Waals surface area contributed by atoms with Crippen molar-refractivity contribution >= 4 is 50.9 Å². The third kappa shape index (κ3) is 3.97. The van der Waals surface area contributed by atoms with E-state index in [0.717, 1.165) is 38.9 Å². The van der Waals surface area contributed by atoms with E-state index >= 15 is 0 Å². The van der Waals surface area contributed by atoms with Gasteiger partial charge in [0.1, 0.15) is 0 Å². The molecule has 0 N–H and O–H groups in total. The summed E-state index contributed by atoms with van der Waals surface area (Å²) in [5.41, 5.74) is 2.15. The van der Waals surface area contributed by atoms with Crippen LogP contribution in [0.4, 0.5) is 0 Å². The standard InChI is InChI=1S/C17H14BrCl2N3S/c1-2-23-16(12-4-6-13(18)7-5-12)21-22-17(23)24-10-11-3-8-14(19)15(20)9-11/h3-9H,2,10H2,1H3. The third-order valence-corrected chi connectivity index (χ3v) is 5.79. The lowest BCUT2D eigenvalue weighted by atomic mass is 10.2. The average Bonchev–Trinajstić information content (AvgIpc) is 2.99. The molecule has 0 atom stereocenters. The largest absolute Gasteiger partial charge is 0.302 e. The van der Waals surface area contributed by atoms with Gasteiger partial charge in [0.25, 0.3) is 0 Å². The fraction of sp³-hybridized carbons (Fsp3) is 0.176. The summed E-state index contributed by atoms with van der Waals surface area (Å²) in [6, 6.07) is 13.8. The highest BCUT2D eigenvalue weighted by atomic mass is 79.9. The van der Waals surface area contributed by atoms with E-state index in [9.17, 15) is 0 Å². The van der Waals surface area contributed by atoms with Crippen LogP contribution in [0, 0.1) is 0 Å². The molecule has 24 heavy (non-hydrogen) atoms. The van der Waals surface area contributed by atoms with Crippen LogP contribution in [0.3, 0.4) is 0 Å². The first-order valence-electron chi connectivity index (χ1n) is 7.34. The lowest BCUT2D eigenvalue weighted by molar-refractivity contribution is 0.687. The van der Waals surface area contributed by atoms with Crippen LogP contribution in [0.5, 0.6) is 0 Å². The number of thioether (sulfide) groups is 1. The summed E-state index contributed by atoms with van der Waals surface area (Å²) >= 11 is 17.1. The Labute approximate surface area is 163 Å². The quantitative estimate of drug-likeness (QED) is 0.432. The Morgan fingerprint density at radius 1 is 1.04 bits per heavy atom. The van der Waals surface area contributed by atoms with Crippen molar-refractivity contribution in [1.29, 1.82) is 0 Å². The van der Waals surface area contributed by atoms with Gasteiger partial charge in [-0.15, -0.1) is 10.2 Å². The summed E-state index contributed by atoms with van der Waals surface area (Å²) < 4.78 is 3.16. The van der Waals surface area contributed by atoms with Gasteiger partial charge in [0.15, 0.2) is 11.0 Å². The maximum atomic E-state index is 6.07. The van der Waals surface area contributed by atoms with Gasteiger partial charge in [-0.2, -0.15) is 0 Å². The second-order valence-electron chi connectivity index (χ2n) is 5.09. The number of aromatic nitrogens is 3. The molecular weight excluding hydrogens is 429 g/mol. The molecule has 0 saturated heterocycles. The number of rotatable bonds is 5. The smallest absolute Gasteiger partial charge is 0.191 e.